The van der Waals surface area contributed by atoms with E-state index in [1.807, 2.05) is 26.8 Å². The fraction of sp³-hybridized carbons (Fsp3) is 0.455. The molecule has 0 aromatic heterocycles. The maximum absolute atomic E-state index is 9.71. The molecule has 0 atom stereocenters. The Kier molecular flexibility index (Phi) is 3.03. The zero-order chi connectivity index (χ0) is 11.1. The second kappa shape index (κ2) is 3.63. The molecule has 0 saturated carbocycles. The lowest BCUT2D eigenvalue weighted by Crippen LogP contribution is -2.12. The van der Waals surface area contributed by atoms with E-state index in [1.165, 1.54) is 0 Å². The monoisotopic (exact) mass is 232 g/mol. The summed E-state index contributed by atoms with van der Waals surface area (Å²) in [6.07, 6.45) is 0. The van der Waals surface area contributed by atoms with E-state index in [0.29, 0.717) is 15.6 Å². The highest BCUT2D eigenvalue weighted by atomic mass is 35.5. The van der Waals surface area contributed by atoms with Gasteiger partial charge in [-0.25, -0.2) is 0 Å². The topological polar surface area (TPSA) is 20.2 Å². The number of rotatable bonds is 0. The Labute approximate surface area is 94.7 Å². The molecule has 0 aliphatic rings. The van der Waals surface area contributed by atoms with E-state index in [4.69, 9.17) is 23.2 Å². The Bertz CT molecular complexity index is 365. The third kappa shape index (κ3) is 1.99. The van der Waals surface area contributed by atoms with Crippen LogP contribution in [0.1, 0.15) is 31.9 Å². The van der Waals surface area contributed by atoms with E-state index in [9.17, 15) is 5.11 Å². The second-order valence-electron chi connectivity index (χ2n) is 4.44. The number of phenolic OH excluding ortho intramolecular Hbond substituents is 1. The average molecular weight is 233 g/mol. The molecule has 0 heterocycles. The minimum Gasteiger partial charge on any atom is -0.506 e. The lowest BCUT2D eigenvalue weighted by molar-refractivity contribution is 0.467. The normalized spacial score (nSPS) is 11.9. The molecule has 0 aliphatic carbocycles. The Morgan fingerprint density at radius 1 is 1.21 bits per heavy atom. The molecule has 3 heteroatoms. The number of halogens is 2. The van der Waals surface area contributed by atoms with Crippen molar-refractivity contribution in [2.24, 2.45) is 0 Å². The zero-order valence-corrected chi connectivity index (χ0v) is 10.3. The molecule has 0 unspecified atom stereocenters. The number of hydrogen-bond acceptors (Lipinski definition) is 1. The van der Waals surface area contributed by atoms with Crippen LogP contribution in [0.3, 0.4) is 0 Å². The van der Waals surface area contributed by atoms with Crippen LogP contribution in [0.25, 0.3) is 0 Å². The molecule has 1 N–H and O–H groups in total. The Balaban J connectivity index is 3.49. The summed E-state index contributed by atoms with van der Waals surface area (Å²) in [4.78, 5) is 0. The third-order valence-corrected chi connectivity index (χ3v) is 3.01. The summed E-state index contributed by atoms with van der Waals surface area (Å²) in [5, 5.41) is 10.7. The summed E-state index contributed by atoms with van der Waals surface area (Å²) in [5.41, 5.74) is 1.38. The van der Waals surface area contributed by atoms with Crippen LogP contribution >= 0.6 is 23.2 Å². The largest absolute Gasteiger partial charge is 0.506 e. The van der Waals surface area contributed by atoms with E-state index in [0.717, 1.165) is 5.56 Å². The Morgan fingerprint density at radius 2 is 1.71 bits per heavy atom. The number of phenols is 1. The first kappa shape index (κ1) is 11.7. The van der Waals surface area contributed by atoms with Crippen LogP contribution in [0.2, 0.25) is 10.0 Å². The van der Waals surface area contributed by atoms with Crippen molar-refractivity contribution in [2.45, 2.75) is 33.1 Å². The summed E-state index contributed by atoms with van der Waals surface area (Å²) in [5.74, 6) is 0.0871. The quantitative estimate of drug-likeness (QED) is 0.708. The highest BCUT2D eigenvalue weighted by molar-refractivity contribution is 6.35. The molecular weight excluding hydrogens is 219 g/mol. The van der Waals surface area contributed by atoms with Crippen LogP contribution in [-0.2, 0) is 5.41 Å². The fourth-order valence-electron chi connectivity index (χ4n) is 1.25. The first-order chi connectivity index (χ1) is 6.25. The van der Waals surface area contributed by atoms with Crippen molar-refractivity contribution in [3.05, 3.63) is 27.2 Å². The van der Waals surface area contributed by atoms with Crippen molar-refractivity contribution in [1.82, 2.24) is 0 Å². The predicted octanol–water partition coefficient (Wildman–Crippen LogP) is 4.30. The molecule has 14 heavy (non-hydrogen) atoms. The van der Waals surface area contributed by atoms with Crippen molar-refractivity contribution in [2.75, 3.05) is 0 Å². The maximum Gasteiger partial charge on any atom is 0.138 e. The van der Waals surface area contributed by atoms with Gasteiger partial charge in [-0.2, -0.15) is 0 Å². The Hall–Kier alpha value is -0.400. The van der Waals surface area contributed by atoms with Crippen LogP contribution < -0.4 is 0 Å². The molecule has 0 spiro atoms. The standard InChI is InChI=1S/C11H14Cl2O/c1-6-8(12)5-7(11(2,3)4)9(13)10(6)14/h5,14H,1-4H3. The van der Waals surface area contributed by atoms with E-state index in [1.54, 1.807) is 6.92 Å². The minimum atomic E-state index is -0.119. The molecule has 0 aliphatic heterocycles. The van der Waals surface area contributed by atoms with Gasteiger partial charge in [-0.05, 0) is 24.0 Å². The SMILES string of the molecule is Cc1c(Cl)cc(C(C)(C)C)c(Cl)c1O. The van der Waals surface area contributed by atoms with Gasteiger partial charge < -0.3 is 5.11 Å². The molecule has 1 aromatic rings. The van der Waals surface area contributed by atoms with Crippen LogP contribution in [-0.4, -0.2) is 5.11 Å². The van der Waals surface area contributed by atoms with Crippen LogP contribution in [0.15, 0.2) is 6.07 Å². The van der Waals surface area contributed by atoms with Crippen molar-refractivity contribution in [3.63, 3.8) is 0 Å². The lowest BCUT2D eigenvalue weighted by atomic mass is 9.86. The van der Waals surface area contributed by atoms with Crippen molar-refractivity contribution >= 4 is 23.2 Å². The molecule has 0 saturated heterocycles. The summed E-state index contributed by atoms with van der Waals surface area (Å²) < 4.78 is 0. The van der Waals surface area contributed by atoms with Gasteiger partial charge in [-0.1, -0.05) is 44.0 Å². The molecule has 1 nitrogen and oxygen atoms in total. The van der Waals surface area contributed by atoms with E-state index >= 15 is 0 Å². The third-order valence-electron chi connectivity index (χ3n) is 2.24. The Morgan fingerprint density at radius 3 is 2.14 bits per heavy atom. The van der Waals surface area contributed by atoms with Gasteiger partial charge in [0.15, 0.2) is 0 Å². The van der Waals surface area contributed by atoms with E-state index in [2.05, 4.69) is 0 Å². The van der Waals surface area contributed by atoms with Crippen molar-refractivity contribution in [1.29, 1.82) is 0 Å². The number of hydrogen-bond donors (Lipinski definition) is 1. The van der Waals surface area contributed by atoms with Gasteiger partial charge in [-0.3, -0.25) is 0 Å². The zero-order valence-electron chi connectivity index (χ0n) is 8.78. The lowest BCUT2D eigenvalue weighted by Gasteiger charge is -2.22. The van der Waals surface area contributed by atoms with Crippen LogP contribution in [0.5, 0.6) is 5.75 Å². The molecule has 1 rings (SSSR count). The molecule has 0 bridgehead atoms. The molecule has 0 radical (unpaired) electrons. The summed E-state index contributed by atoms with van der Waals surface area (Å²) in [6, 6.07) is 1.82. The second-order valence-corrected chi connectivity index (χ2v) is 5.23. The van der Waals surface area contributed by atoms with Gasteiger partial charge in [0.05, 0.1) is 5.02 Å². The van der Waals surface area contributed by atoms with Crippen LogP contribution in [0.4, 0.5) is 0 Å². The summed E-state index contributed by atoms with van der Waals surface area (Å²) in [6.45, 7) is 7.83. The molecule has 1 aromatic carbocycles. The van der Waals surface area contributed by atoms with Gasteiger partial charge in [0.1, 0.15) is 5.75 Å². The smallest absolute Gasteiger partial charge is 0.138 e. The molecule has 78 valence electrons. The van der Waals surface area contributed by atoms with Crippen molar-refractivity contribution in [3.8, 4) is 5.75 Å². The minimum absolute atomic E-state index is 0.0871. The average Bonchev–Trinajstić information content (AvgIpc) is 2.06. The molecule has 0 fully saturated rings. The van der Waals surface area contributed by atoms with Gasteiger partial charge in [0.25, 0.3) is 0 Å². The first-order valence-electron chi connectivity index (χ1n) is 4.43. The molecule has 0 amide bonds. The van der Waals surface area contributed by atoms with E-state index < -0.39 is 0 Å². The highest BCUT2D eigenvalue weighted by Crippen LogP contribution is 2.40. The predicted molar refractivity (Wildman–Crippen MR) is 61.6 cm³/mol. The fourth-order valence-corrected chi connectivity index (χ4v) is 1.93. The number of benzene rings is 1. The number of aromatic hydroxyl groups is 1. The highest BCUT2D eigenvalue weighted by Gasteiger charge is 2.21. The van der Waals surface area contributed by atoms with Gasteiger partial charge in [0.2, 0.25) is 0 Å². The first-order valence-corrected chi connectivity index (χ1v) is 5.18. The maximum atomic E-state index is 9.71. The molecular formula is C11H14Cl2O. The van der Waals surface area contributed by atoms with Crippen molar-refractivity contribution < 1.29 is 5.11 Å². The summed E-state index contributed by atoms with van der Waals surface area (Å²) in [7, 11) is 0. The van der Waals surface area contributed by atoms with Gasteiger partial charge in [-0.15, -0.1) is 0 Å². The van der Waals surface area contributed by atoms with E-state index in [-0.39, 0.29) is 11.2 Å². The summed E-state index contributed by atoms with van der Waals surface area (Å²) >= 11 is 12.0. The van der Waals surface area contributed by atoms with Gasteiger partial charge in [0, 0.05) is 10.6 Å². The van der Waals surface area contributed by atoms with Crippen LogP contribution in [0, 0.1) is 6.92 Å². The van der Waals surface area contributed by atoms with Gasteiger partial charge >= 0.3 is 0 Å².